The molecule has 15 heavy (non-hydrogen) atoms. The fourth-order valence-corrected chi connectivity index (χ4v) is 2.40. The zero-order valence-electron chi connectivity index (χ0n) is 8.88. The van der Waals surface area contributed by atoms with Crippen LogP contribution in [-0.4, -0.2) is 9.78 Å². The lowest BCUT2D eigenvalue weighted by Crippen LogP contribution is -2.17. The molecule has 0 amide bonds. The highest BCUT2D eigenvalue weighted by Crippen LogP contribution is 2.32. The van der Waals surface area contributed by atoms with Gasteiger partial charge in [-0.1, -0.05) is 25.7 Å². The Morgan fingerprint density at radius 1 is 1.27 bits per heavy atom. The second-order valence-corrected chi connectivity index (χ2v) is 4.26. The zero-order valence-corrected chi connectivity index (χ0v) is 8.88. The lowest BCUT2D eigenvalue weighted by molar-refractivity contribution is 0.284. The summed E-state index contributed by atoms with van der Waals surface area (Å²) in [6.45, 7) is 0. The van der Waals surface area contributed by atoms with Gasteiger partial charge in [0, 0.05) is 18.3 Å². The number of nitroso groups, excluding NO2 is 1. The summed E-state index contributed by atoms with van der Waals surface area (Å²) < 4.78 is 1.70. The van der Waals surface area contributed by atoms with Crippen LogP contribution in [0.25, 0.3) is 0 Å². The number of hydrogen-bond donors (Lipinski definition) is 0. The number of hydrogen-bond acceptors (Lipinski definition) is 3. The molecule has 4 nitrogen and oxygen atoms in total. The molecular formula is C11H17N3O. The van der Waals surface area contributed by atoms with Gasteiger partial charge in [-0.15, -0.1) is 4.91 Å². The molecular weight excluding hydrogens is 190 g/mol. The van der Waals surface area contributed by atoms with Crippen molar-refractivity contribution in [3.63, 3.8) is 0 Å². The highest BCUT2D eigenvalue weighted by Gasteiger charge is 2.25. The molecule has 1 aliphatic rings. The van der Waals surface area contributed by atoms with E-state index in [9.17, 15) is 4.91 Å². The Hall–Kier alpha value is -1.19. The smallest absolute Gasteiger partial charge is 0.185 e. The number of nitrogens with zero attached hydrogens (tertiary/aromatic N) is 3. The predicted octanol–water partition coefficient (Wildman–Crippen LogP) is 3.12. The van der Waals surface area contributed by atoms with Gasteiger partial charge in [0.25, 0.3) is 0 Å². The van der Waals surface area contributed by atoms with E-state index in [4.69, 9.17) is 0 Å². The molecule has 0 N–H and O–H groups in total. The topological polar surface area (TPSA) is 47.2 Å². The zero-order chi connectivity index (χ0) is 10.5. The molecule has 2 rings (SSSR count). The second kappa shape index (κ2) is 5.05. The first kappa shape index (κ1) is 10.3. The SMILES string of the molecule is O=NC(C1CCCCCC1)n1cccn1. The van der Waals surface area contributed by atoms with Gasteiger partial charge >= 0.3 is 0 Å². The quantitative estimate of drug-likeness (QED) is 0.564. The van der Waals surface area contributed by atoms with Crippen LogP contribution in [0.1, 0.15) is 44.7 Å². The van der Waals surface area contributed by atoms with Crippen molar-refractivity contribution in [2.24, 2.45) is 11.1 Å². The first-order valence-electron chi connectivity index (χ1n) is 5.73. The summed E-state index contributed by atoms with van der Waals surface area (Å²) in [5.74, 6) is 0.380. The average Bonchev–Trinajstić information content (AvgIpc) is 2.63. The van der Waals surface area contributed by atoms with Crippen LogP contribution in [0.15, 0.2) is 23.6 Å². The van der Waals surface area contributed by atoms with Gasteiger partial charge in [-0.2, -0.15) is 5.10 Å². The summed E-state index contributed by atoms with van der Waals surface area (Å²) in [5, 5.41) is 7.36. The van der Waals surface area contributed by atoms with Crippen molar-refractivity contribution in [1.82, 2.24) is 9.78 Å². The van der Waals surface area contributed by atoms with Gasteiger partial charge in [-0.3, -0.25) is 0 Å². The minimum atomic E-state index is -0.293. The highest BCUT2D eigenvalue weighted by atomic mass is 16.3. The number of aromatic nitrogens is 2. The molecule has 4 heteroatoms. The molecule has 82 valence electrons. The van der Waals surface area contributed by atoms with Crippen molar-refractivity contribution in [2.45, 2.75) is 44.7 Å². The van der Waals surface area contributed by atoms with E-state index in [1.54, 1.807) is 10.9 Å². The third kappa shape index (κ3) is 2.43. The standard InChI is InChI=1S/C11H17N3O/c15-13-11(14-9-5-8-12-14)10-6-3-1-2-4-7-10/h5,8-11H,1-4,6-7H2. The summed E-state index contributed by atoms with van der Waals surface area (Å²) in [5.41, 5.74) is 0. The van der Waals surface area contributed by atoms with Crippen molar-refractivity contribution in [3.8, 4) is 0 Å². The maximum atomic E-state index is 10.9. The normalized spacial score (nSPS) is 20.8. The van der Waals surface area contributed by atoms with Gasteiger partial charge in [0.2, 0.25) is 0 Å². The Balaban J connectivity index is 2.08. The van der Waals surface area contributed by atoms with E-state index in [1.807, 2.05) is 12.3 Å². The van der Waals surface area contributed by atoms with Crippen molar-refractivity contribution in [3.05, 3.63) is 23.4 Å². The maximum Gasteiger partial charge on any atom is 0.185 e. The molecule has 0 bridgehead atoms. The van der Waals surface area contributed by atoms with Gasteiger partial charge < -0.3 is 0 Å². The van der Waals surface area contributed by atoms with Crippen molar-refractivity contribution in [1.29, 1.82) is 0 Å². The molecule has 1 aromatic rings. The van der Waals surface area contributed by atoms with Crippen LogP contribution in [0.3, 0.4) is 0 Å². The van der Waals surface area contributed by atoms with Crippen molar-refractivity contribution < 1.29 is 0 Å². The minimum Gasteiger partial charge on any atom is -0.244 e. The minimum absolute atomic E-state index is 0.293. The molecule has 0 radical (unpaired) electrons. The molecule has 1 heterocycles. The average molecular weight is 207 g/mol. The summed E-state index contributed by atoms with van der Waals surface area (Å²) in [6.07, 6.45) is 10.5. The van der Waals surface area contributed by atoms with Crippen LogP contribution in [0.4, 0.5) is 0 Å². The Morgan fingerprint density at radius 3 is 2.53 bits per heavy atom. The van der Waals surface area contributed by atoms with Gasteiger partial charge in [-0.25, -0.2) is 4.68 Å². The first-order chi connectivity index (χ1) is 7.42. The molecule has 1 saturated carbocycles. The molecule has 0 spiro atoms. The van der Waals surface area contributed by atoms with Crippen LogP contribution in [0.2, 0.25) is 0 Å². The van der Waals surface area contributed by atoms with Crippen LogP contribution in [0, 0.1) is 10.8 Å². The monoisotopic (exact) mass is 207 g/mol. The van der Waals surface area contributed by atoms with Gasteiger partial charge in [0.05, 0.1) is 0 Å². The van der Waals surface area contributed by atoms with Crippen LogP contribution < -0.4 is 0 Å². The lowest BCUT2D eigenvalue weighted by Gasteiger charge is -2.19. The van der Waals surface area contributed by atoms with Crippen LogP contribution >= 0.6 is 0 Å². The Bertz CT molecular complexity index is 289. The molecule has 0 aromatic carbocycles. The number of rotatable bonds is 3. The Kier molecular flexibility index (Phi) is 3.48. The molecule has 1 atom stereocenters. The summed E-state index contributed by atoms with van der Waals surface area (Å²) in [6, 6.07) is 1.84. The molecule has 0 saturated heterocycles. The fraction of sp³-hybridized carbons (Fsp3) is 0.727. The van der Waals surface area contributed by atoms with Gasteiger partial charge in [0.15, 0.2) is 6.17 Å². The van der Waals surface area contributed by atoms with E-state index >= 15 is 0 Å². The van der Waals surface area contributed by atoms with E-state index in [-0.39, 0.29) is 6.17 Å². The maximum absolute atomic E-state index is 10.9. The van der Waals surface area contributed by atoms with E-state index < -0.39 is 0 Å². The highest BCUT2D eigenvalue weighted by molar-refractivity contribution is 4.84. The van der Waals surface area contributed by atoms with Crippen molar-refractivity contribution >= 4 is 0 Å². The van der Waals surface area contributed by atoms with Crippen LogP contribution in [0.5, 0.6) is 0 Å². The Morgan fingerprint density at radius 2 is 2.00 bits per heavy atom. The Labute approximate surface area is 89.6 Å². The van der Waals surface area contributed by atoms with Crippen LogP contribution in [-0.2, 0) is 0 Å². The molecule has 1 aliphatic carbocycles. The molecule has 1 fully saturated rings. The molecule has 0 aliphatic heterocycles. The fourth-order valence-electron chi connectivity index (χ4n) is 2.40. The lowest BCUT2D eigenvalue weighted by atomic mass is 9.97. The second-order valence-electron chi connectivity index (χ2n) is 4.26. The first-order valence-corrected chi connectivity index (χ1v) is 5.73. The third-order valence-corrected chi connectivity index (χ3v) is 3.23. The summed E-state index contributed by atoms with van der Waals surface area (Å²) in [7, 11) is 0. The van der Waals surface area contributed by atoms with E-state index in [0.717, 1.165) is 12.8 Å². The van der Waals surface area contributed by atoms with Crippen molar-refractivity contribution in [2.75, 3.05) is 0 Å². The largest absolute Gasteiger partial charge is 0.244 e. The summed E-state index contributed by atoms with van der Waals surface area (Å²) in [4.78, 5) is 10.9. The van der Waals surface area contributed by atoms with E-state index in [1.165, 1.54) is 25.7 Å². The van der Waals surface area contributed by atoms with E-state index in [2.05, 4.69) is 10.3 Å². The van der Waals surface area contributed by atoms with Gasteiger partial charge in [0.1, 0.15) is 0 Å². The predicted molar refractivity (Wildman–Crippen MR) is 58.3 cm³/mol. The summed E-state index contributed by atoms with van der Waals surface area (Å²) >= 11 is 0. The van der Waals surface area contributed by atoms with Gasteiger partial charge in [-0.05, 0) is 24.1 Å². The third-order valence-electron chi connectivity index (χ3n) is 3.23. The molecule has 1 aromatic heterocycles. The molecule has 1 unspecified atom stereocenters. The van der Waals surface area contributed by atoms with E-state index in [0.29, 0.717) is 5.92 Å².